The third-order valence-corrected chi connectivity index (χ3v) is 2.15. The zero-order valence-electron chi connectivity index (χ0n) is 8.67. The van der Waals surface area contributed by atoms with E-state index in [-0.39, 0.29) is 12.2 Å². The van der Waals surface area contributed by atoms with Gasteiger partial charge in [-0.15, -0.1) is 13.2 Å². The molecule has 0 aliphatic heterocycles. The number of ether oxygens (including phenoxy) is 1. The molecule has 1 aromatic rings. The van der Waals surface area contributed by atoms with Gasteiger partial charge in [-0.05, 0) is 30.5 Å². The molecule has 0 heterocycles. The number of aryl methyl sites for hydroxylation is 1. The van der Waals surface area contributed by atoms with Crippen LogP contribution in [0.1, 0.15) is 17.5 Å². The van der Waals surface area contributed by atoms with Gasteiger partial charge < -0.3 is 9.53 Å². The van der Waals surface area contributed by atoms with Gasteiger partial charge in [-0.1, -0.05) is 12.1 Å². The molecule has 0 saturated carbocycles. The fourth-order valence-corrected chi connectivity index (χ4v) is 1.38. The maximum atomic E-state index is 12.0. The lowest BCUT2D eigenvalue weighted by Crippen LogP contribution is -2.18. The first-order chi connectivity index (χ1) is 7.44. The summed E-state index contributed by atoms with van der Waals surface area (Å²) in [6.07, 6.45) is -3.24. The first-order valence-electron chi connectivity index (χ1n) is 4.72. The summed E-state index contributed by atoms with van der Waals surface area (Å²) >= 11 is 0. The van der Waals surface area contributed by atoms with Crippen LogP contribution in [0.15, 0.2) is 18.2 Å². The third-order valence-electron chi connectivity index (χ3n) is 2.15. The smallest absolute Gasteiger partial charge is 0.406 e. The highest BCUT2D eigenvalue weighted by Crippen LogP contribution is 2.28. The summed E-state index contributed by atoms with van der Waals surface area (Å²) in [4.78, 5) is 10.2. The Morgan fingerprint density at radius 3 is 2.62 bits per heavy atom. The Morgan fingerprint density at radius 1 is 1.38 bits per heavy atom. The minimum atomic E-state index is -4.69. The number of alkyl halides is 3. The molecule has 0 N–H and O–H groups in total. The largest absolute Gasteiger partial charge is 0.573 e. The molecule has 0 fully saturated rings. The van der Waals surface area contributed by atoms with Gasteiger partial charge in [0, 0.05) is 6.42 Å². The van der Waals surface area contributed by atoms with Crippen molar-refractivity contribution in [1.82, 2.24) is 0 Å². The van der Waals surface area contributed by atoms with E-state index in [4.69, 9.17) is 0 Å². The van der Waals surface area contributed by atoms with Crippen LogP contribution in [0.5, 0.6) is 5.75 Å². The van der Waals surface area contributed by atoms with Crippen LogP contribution in [0.2, 0.25) is 0 Å². The van der Waals surface area contributed by atoms with E-state index in [1.165, 1.54) is 12.1 Å². The molecule has 0 aliphatic carbocycles. The van der Waals surface area contributed by atoms with E-state index >= 15 is 0 Å². The second-order valence-electron chi connectivity index (χ2n) is 3.29. The monoisotopic (exact) mass is 232 g/mol. The first kappa shape index (κ1) is 12.5. The van der Waals surface area contributed by atoms with Crippen molar-refractivity contribution < 1.29 is 22.7 Å². The minimum absolute atomic E-state index is 0.212. The molecule has 0 spiro atoms. The molecular weight excluding hydrogens is 221 g/mol. The lowest BCUT2D eigenvalue weighted by molar-refractivity contribution is -0.274. The van der Waals surface area contributed by atoms with Crippen LogP contribution in [0.4, 0.5) is 13.2 Å². The van der Waals surface area contributed by atoms with E-state index in [2.05, 4.69) is 4.74 Å². The molecule has 0 aliphatic rings. The summed E-state index contributed by atoms with van der Waals surface area (Å²) in [5.74, 6) is -0.212. The number of aldehydes is 1. The van der Waals surface area contributed by atoms with Crippen molar-refractivity contribution in [2.24, 2.45) is 0 Å². The topological polar surface area (TPSA) is 26.3 Å². The quantitative estimate of drug-likeness (QED) is 0.746. The lowest BCUT2D eigenvalue weighted by Gasteiger charge is -2.13. The van der Waals surface area contributed by atoms with E-state index in [1.54, 1.807) is 13.0 Å². The SMILES string of the molecule is Cc1c(CCC=O)cccc1OC(F)(F)F. The molecule has 16 heavy (non-hydrogen) atoms. The Balaban J connectivity index is 2.90. The van der Waals surface area contributed by atoms with Crippen LogP contribution in [0, 0.1) is 6.92 Å². The summed E-state index contributed by atoms with van der Waals surface area (Å²) in [6, 6.07) is 4.42. The van der Waals surface area contributed by atoms with Gasteiger partial charge in [-0.25, -0.2) is 0 Å². The Kier molecular flexibility index (Phi) is 3.93. The lowest BCUT2D eigenvalue weighted by atomic mass is 10.0. The average molecular weight is 232 g/mol. The van der Waals surface area contributed by atoms with Gasteiger partial charge in [0.1, 0.15) is 12.0 Å². The zero-order chi connectivity index (χ0) is 12.2. The fourth-order valence-electron chi connectivity index (χ4n) is 1.38. The van der Waals surface area contributed by atoms with Crippen molar-refractivity contribution in [3.63, 3.8) is 0 Å². The van der Waals surface area contributed by atoms with Crippen molar-refractivity contribution in [3.05, 3.63) is 29.3 Å². The Morgan fingerprint density at radius 2 is 2.06 bits per heavy atom. The second kappa shape index (κ2) is 5.01. The zero-order valence-corrected chi connectivity index (χ0v) is 8.67. The van der Waals surface area contributed by atoms with Crippen LogP contribution in [-0.4, -0.2) is 12.6 Å². The maximum absolute atomic E-state index is 12.0. The molecule has 0 atom stereocenters. The number of benzene rings is 1. The molecule has 2 nitrogen and oxygen atoms in total. The van der Waals surface area contributed by atoms with Gasteiger partial charge in [0.15, 0.2) is 0 Å². The highest BCUT2D eigenvalue weighted by Gasteiger charge is 2.31. The van der Waals surface area contributed by atoms with Crippen molar-refractivity contribution in [3.8, 4) is 5.75 Å². The van der Waals surface area contributed by atoms with E-state index in [1.807, 2.05) is 0 Å². The highest BCUT2D eigenvalue weighted by atomic mass is 19.4. The summed E-state index contributed by atoms with van der Waals surface area (Å²) in [5, 5.41) is 0. The van der Waals surface area contributed by atoms with Crippen LogP contribution < -0.4 is 4.74 Å². The second-order valence-corrected chi connectivity index (χ2v) is 3.29. The molecule has 0 radical (unpaired) electrons. The van der Waals surface area contributed by atoms with Crippen molar-refractivity contribution in [1.29, 1.82) is 0 Å². The summed E-state index contributed by atoms with van der Waals surface area (Å²) in [6.45, 7) is 1.54. The summed E-state index contributed by atoms with van der Waals surface area (Å²) in [7, 11) is 0. The molecule has 1 aromatic carbocycles. The van der Waals surface area contributed by atoms with E-state index in [9.17, 15) is 18.0 Å². The van der Waals surface area contributed by atoms with Crippen LogP contribution in [-0.2, 0) is 11.2 Å². The molecule has 1 rings (SSSR count). The Hall–Kier alpha value is -1.52. The van der Waals surface area contributed by atoms with Crippen molar-refractivity contribution in [2.45, 2.75) is 26.1 Å². The highest BCUT2D eigenvalue weighted by molar-refractivity contribution is 5.51. The number of carbonyl (C=O) groups is 1. The number of hydrogen-bond donors (Lipinski definition) is 0. The van der Waals surface area contributed by atoms with Gasteiger partial charge in [0.05, 0.1) is 0 Å². The number of carbonyl (C=O) groups excluding carboxylic acids is 1. The Bertz CT molecular complexity index is 372. The molecule has 5 heteroatoms. The molecule has 88 valence electrons. The molecular formula is C11H11F3O2. The number of hydrogen-bond acceptors (Lipinski definition) is 2. The number of halogens is 3. The number of rotatable bonds is 4. The first-order valence-corrected chi connectivity index (χ1v) is 4.72. The fraction of sp³-hybridized carbons (Fsp3) is 0.364. The van der Waals surface area contributed by atoms with Crippen LogP contribution in [0.25, 0.3) is 0 Å². The normalized spacial score (nSPS) is 11.2. The van der Waals surface area contributed by atoms with Gasteiger partial charge in [0.25, 0.3) is 0 Å². The van der Waals surface area contributed by atoms with Gasteiger partial charge in [-0.2, -0.15) is 0 Å². The van der Waals surface area contributed by atoms with Crippen molar-refractivity contribution >= 4 is 6.29 Å². The minimum Gasteiger partial charge on any atom is -0.406 e. The molecule has 0 amide bonds. The molecule has 0 unspecified atom stereocenters. The van der Waals surface area contributed by atoms with Crippen LogP contribution >= 0.6 is 0 Å². The summed E-state index contributed by atoms with van der Waals surface area (Å²) in [5.41, 5.74) is 1.11. The van der Waals surface area contributed by atoms with Gasteiger partial charge in [0.2, 0.25) is 0 Å². The average Bonchev–Trinajstić information content (AvgIpc) is 2.17. The Labute approximate surface area is 91.0 Å². The maximum Gasteiger partial charge on any atom is 0.573 e. The molecule has 0 bridgehead atoms. The summed E-state index contributed by atoms with van der Waals surface area (Å²) < 4.78 is 39.9. The van der Waals surface area contributed by atoms with E-state index < -0.39 is 6.36 Å². The molecule has 0 aromatic heterocycles. The van der Waals surface area contributed by atoms with Crippen molar-refractivity contribution in [2.75, 3.05) is 0 Å². The van der Waals surface area contributed by atoms with Crippen LogP contribution in [0.3, 0.4) is 0 Å². The van der Waals surface area contributed by atoms with E-state index in [0.717, 1.165) is 6.29 Å². The third kappa shape index (κ3) is 3.56. The predicted molar refractivity (Wildman–Crippen MR) is 52.2 cm³/mol. The van der Waals surface area contributed by atoms with E-state index in [0.29, 0.717) is 17.5 Å². The standard InChI is InChI=1S/C11H11F3O2/c1-8-9(5-3-7-15)4-2-6-10(8)16-11(12,13)14/h2,4,6-7H,3,5H2,1H3. The van der Waals surface area contributed by atoms with Gasteiger partial charge >= 0.3 is 6.36 Å². The van der Waals surface area contributed by atoms with Gasteiger partial charge in [-0.3, -0.25) is 0 Å². The molecule has 0 saturated heterocycles. The predicted octanol–water partition coefficient (Wildman–Crippen LogP) is 3.03.